The van der Waals surface area contributed by atoms with Crippen LogP contribution in [-0.4, -0.2) is 11.0 Å². The maximum Gasteiger partial charge on any atom is 0 e. The average Bonchev–Trinajstić information content (AvgIpc) is 3.01. The maximum atomic E-state index is 2.23. The molecule has 0 heterocycles. The monoisotopic (exact) mass is 872 g/mol. The predicted octanol–water partition coefficient (Wildman–Crippen LogP) is 3.54. The minimum Gasteiger partial charge on any atom is -1.00 e. The van der Waals surface area contributed by atoms with Crippen molar-refractivity contribution in [1.29, 1.82) is 0 Å². The second-order valence-corrected chi connectivity index (χ2v) is 13.1. The molecule has 0 amide bonds. The number of hydrogen-bond acceptors (Lipinski definition) is 2. The minimum atomic E-state index is -0.446. The minimum absolute atomic E-state index is 0. The van der Waals surface area contributed by atoms with E-state index >= 15 is 0 Å². The fraction of sp³-hybridized carbons (Fsp3) is 0. The van der Waals surface area contributed by atoms with Gasteiger partial charge in [0.2, 0.25) is 0 Å². The van der Waals surface area contributed by atoms with Gasteiger partial charge in [-0.3, -0.25) is 0 Å². The van der Waals surface area contributed by atoms with Crippen LogP contribution in [0.15, 0.2) is 182 Å². The Morgan fingerprint density at radius 3 is 0.476 bits per heavy atom. The first kappa shape index (κ1) is 37.5. The summed E-state index contributed by atoms with van der Waals surface area (Å²) in [6, 6.07) is 64.7. The summed E-state index contributed by atoms with van der Waals surface area (Å²) in [5, 5.41) is 8.39. The van der Waals surface area contributed by atoms with Gasteiger partial charge in [-0.05, 0) is 47.7 Å². The summed E-state index contributed by atoms with van der Waals surface area (Å²) in [6.45, 7) is 0. The molecule has 0 unspecified atom stereocenters. The molecule has 6 rings (SSSR count). The largest absolute Gasteiger partial charge is 1.00 e. The molecule has 6 heteroatoms. The zero-order valence-electron chi connectivity index (χ0n) is 22.9. The van der Waals surface area contributed by atoms with Gasteiger partial charge in [0.05, 0.1) is 0 Å². The molecule has 0 saturated heterocycles. The van der Waals surface area contributed by atoms with Gasteiger partial charge < -0.3 is 34.9 Å². The topological polar surface area (TPSA) is 60.0 Å². The van der Waals surface area contributed by atoms with Crippen LogP contribution in [0, 0.1) is 0 Å². The standard InChI is InChI=1S/2C18H15P.HI.2H2O.Re/c2*1-4-10-16(11-5-1)19(17-12-6-2-7-13-17)18-14-8-3-9-15-18;;;;/h2*1-15H;1H;2*1H2;/p-3. The van der Waals surface area contributed by atoms with Crippen molar-refractivity contribution in [2.75, 3.05) is 0 Å². The van der Waals surface area contributed by atoms with Crippen LogP contribution in [0.2, 0.25) is 0 Å². The molecule has 0 fully saturated rings. The van der Waals surface area contributed by atoms with Crippen molar-refractivity contribution in [3.8, 4) is 0 Å². The van der Waals surface area contributed by atoms with Crippen molar-refractivity contribution >= 4 is 47.7 Å². The summed E-state index contributed by atoms with van der Waals surface area (Å²) < 4.78 is 0. The molecule has 42 heavy (non-hydrogen) atoms. The van der Waals surface area contributed by atoms with Gasteiger partial charge in [-0.15, -0.1) is 0 Å². The number of benzene rings is 6. The zero-order chi connectivity index (χ0) is 25.8. The van der Waals surface area contributed by atoms with Gasteiger partial charge in [0.25, 0.3) is 0 Å². The van der Waals surface area contributed by atoms with Gasteiger partial charge in [-0.1, -0.05) is 182 Å². The molecule has 2 nitrogen and oxygen atoms in total. The summed E-state index contributed by atoms with van der Waals surface area (Å²) in [5.41, 5.74) is 0. The van der Waals surface area contributed by atoms with E-state index < -0.39 is 15.8 Å². The molecule has 6 aromatic carbocycles. The van der Waals surface area contributed by atoms with E-state index in [1.165, 1.54) is 31.8 Å². The zero-order valence-corrected chi connectivity index (χ0v) is 29.5. The van der Waals surface area contributed by atoms with Gasteiger partial charge in [-0.25, -0.2) is 0 Å². The molecular formula is C36H32IO2P2Re-3. The summed E-state index contributed by atoms with van der Waals surface area (Å²) in [6.07, 6.45) is 0. The van der Waals surface area contributed by atoms with Gasteiger partial charge in [0, 0.05) is 20.4 Å². The Kier molecular flexibility index (Phi) is 18.2. The Morgan fingerprint density at radius 2 is 0.357 bits per heavy atom. The summed E-state index contributed by atoms with van der Waals surface area (Å²) in [5.74, 6) is 0. The van der Waals surface area contributed by atoms with Crippen molar-refractivity contribution < 1.29 is 55.4 Å². The molecule has 215 valence electrons. The number of halogens is 1. The molecule has 1 radical (unpaired) electrons. The van der Waals surface area contributed by atoms with Gasteiger partial charge in [-0.2, -0.15) is 0 Å². The van der Waals surface area contributed by atoms with E-state index in [9.17, 15) is 0 Å². The van der Waals surface area contributed by atoms with E-state index in [0.717, 1.165) is 0 Å². The average molecular weight is 872 g/mol. The van der Waals surface area contributed by atoms with Crippen LogP contribution in [0.5, 0.6) is 0 Å². The molecular weight excluding hydrogens is 839 g/mol. The molecule has 0 aliphatic carbocycles. The van der Waals surface area contributed by atoms with Crippen molar-refractivity contribution in [2.24, 2.45) is 0 Å². The fourth-order valence-electron chi connectivity index (χ4n) is 4.36. The third-order valence-corrected chi connectivity index (χ3v) is 11.0. The molecule has 0 aliphatic heterocycles. The fourth-order valence-corrected chi connectivity index (χ4v) is 8.97. The normalized spacial score (nSPS) is 9.57. The Morgan fingerprint density at radius 1 is 0.238 bits per heavy atom. The van der Waals surface area contributed by atoms with Gasteiger partial charge in [0.15, 0.2) is 0 Å². The van der Waals surface area contributed by atoms with E-state index in [-0.39, 0.29) is 55.4 Å². The van der Waals surface area contributed by atoms with Crippen LogP contribution in [0.25, 0.3) is 0 Å². The van der Waals surface area contributed by atoms with E-state index in [0.29, 0.717) is 0 Å². The first-order valence-electron chi connectivity index (χ1n) is 12.8. The smallest absolute Gasteiger partial charge is 0 e. The van der Waals surface area contributed by atoms with Gasteiger partial charge in [0.1, 0.15) is 0 Å². The number of rotatable bonds is 6. The van der Waals surface area contributed by atoms with E-state index in [4.69, 9.17) is 0 Å². The summed E-state index contributed by atoms with van der Waals surface area (Å²) in [7, 11) is -0.892. The summed E-state index contributed by atoms with van der Waals surface area (Å²) >= 11 is 0. The molecule has 0 atom stereocenters. The van der Waals surface area contributed by atoms with Crippen LogP contribution in [-0.2, 0) is 20.4 Å². The third-order valence-electron chi connectivity index (χ3n) is 6.09. The number of hydrogen-bond donors (Lipinski definition) is 0. The first-order valence-corrected chi connectivity index (χ1v) is 15.5. The molecule has 0 spiro atoms. The van der Waals surface area contributed by atoms with Crippen molar-refractivity contribution in [3.63, 3.8) is 0 Å². The van der Waals surface area contributed by atoms with Crippen LogP contribution in [0.3, 0.4) is 0 Å². The Labute approximate surface area is 283 Å². The van der Waals surface area contributed by atoms with E-state index in [1.54, 1.807) is 0 Å². The molecule has 0 saturated carbocycles. The third kappa shape index (κ3) is 10.3. The first-order chi connectivity index (χ1) is 18.9. The van der Waals surface area contributed by atoms with Crippen molar-refractivity contribution in [2.45, 2.75) is 0 Å². The van der Waals surface area contributed by atoms with Gasteiger partial charge >= 0.3 is 0 Å². The molecule has 0 aromatic heterocycles. The Bertz CT molecular complexity index is 1190. The second-order valence-electron chi connectivity index (χ2n) is 8.68. The quantitative estimate of drug-likeness (QED) is 0.190. The second kappa shape index (κ2) is 20.4. The SMILES string of the molecule is [I-].[OH-].[OH-].[Re].c1ccc(P(c2ccccc2)c2ccccc2)cc1.c1ccc(P(c2ccccc2)c2ccccc2)cc1. The summed E-state index contributed by atoms with van der Waals surface area (Å²) in [4.78, 5) is 0. The molecule has 2 N–H and O–H groups in total. The molecule has 0 aliphatic rings. The maximum absolute atomic E-state index is 2.23. The van der Waals surface area contributed by atoms with Crippen molar-refractivity contribution in [1.82, 2.24) is 0 Å². The van der Waals surface area contributed by atoms with Crippen LogP contribution in [0.4, 0.5) is 0 Å². The van der Waals surface area contributed by atoms with Crippen LogP contribution >= 0.6 is 15.8 Å². The molecule has 6 aromatic rings. The molecule has 0 bridgehead atoms. The van der Waals surface area contributed by atoms with E-state index in [1.807, 2.05) is 0 Å². The predicted molar refractivity (Wildman–Crippen MR) is 174 cm³/mol. The van der Waals surface area contributed by atoms with E-state index in [2.05, 4.69) is 182 Å². The van der Waals surface area contributed by atoms with Crippen LogP contribution < -0.4 is 55.8 Å². The Balaban J connectivity index is 0.000000383. The van der Waals surface area contributed by atoms with Crippen molar-refractivity contribution in [3.05, 3.63) is 182 Å². The Hall–Kier alpha value is -2.51. The van der Waals surface area contributed by atoms with Crippen LogP contribution in [0.1, 0.15) is 0 Å².